The Morgan fingerprint density at radius 3 is 2.88 bits per heavy atom. The van der Waals surface area contributed by atoms with Crippen LogP contribution in [0.3, 0.4) is 0 Å². The van der Waals surface area contributed by atoms with Crippen LogP contribution < -0.4 is 5.73 Å². The Morgan fingerprint density at radius 1 is 1.62 bits per heavy atom. The molecule has 1 rings (SSSR count). The second kappa shape index (κ2) is 5.49. The van der Waals surface area contributed by atoms with Crippen molar-refractivity contribution in [2.75, 3.05) is 19.3 Å². The highest BCUT2D eigenvalue weighted by Gasteiger charge is 2.13. The van der Waals surface area contributed by atoms with E-state index in [1.54, 1.807) is 23.2 Å². The first kappa shape index (κ1) is 12.5. The Balaban J connectivity index is 2.70. The normalized spacial score (nSPS) is 12.2. The van der Waals surface area contributed by atoms with Gasteiger partial charge in [0, 0.05) is 25.4 Å². The Hall–Kier alpha value is -1.58. The molecule has 1 unspecified atom stereocenters. The highest BCUT2D eigenvalue weighted by molar-refractivity contribution is 5.94. The highest BCUT2D eigenvalue weighted by atomic mass is 16.2. The number of aromatic nitrogens is 1. The first-order valence-electron chi connectivity index (χ1n) is 5.51. The number of anilines is 1. The van der Waals surface area contributed by atoms with Crippen LogP contribution >= 0.6 is 0 Å². The van der Waals surface area contributed by atoms with E-state index in [1.165, 1.54) is 0 Å². The number of nitrogens with two attached hydrogens (primary N) is 1. The molecule has 1 aromatic rings. The van der Waals surface area contributed by atoms with Gasteiger partial charge in [-0.1, -0.05) is 20.3 Å². The largest absolute Gasteiger partial charge is 0.384 e. The van der Waals surface area contributed by atoms with Crippen LogP contribution in [0.4, 0.5) is 5.82 Å². The summed E-state index contributed by atoms with van der Waals surface area (Å²) in [5.41, 5.74) is 6.14. The number of nitrogens with zero attached hydrogens (tertiary/aromatic N) is 2. The minimum atomic E-state index is -0.00519. The number of pyridine rings is 1. The maximum atomic E-state index is 12.0. The zero-order valence-electron chi connectivity index (χ0n) is 10.1. The molecule has 0 aliphatic heterocycles. The Kier molecular flexibility index (Phi) is 4.28. The zero-order chi connectivity index (χ0) is 12.1. The molecule has 0 radical (unpaired) electrons. The van der Waals surface area contributed by atoms with Gasteiger partial charge in [0.2, 0.25) is 0 Å². The molecule has 4 heteroatoms. The van der Waals surface area contributed by atoms with Gasteiger partial charge in [-0.25, -0.2) is 4.98 Å². The molecule has 1 heterocycles. The van der Waals surface area contributed by atoms with E-state index in [1.807, 2.05) is 7.05 Å². The van der Waals surface area contributed by atoms with Gasteiger partial charge in [0.05, 0.1) is 0 Å². The van der Waals surface area contributed by atoms with Crippen molar-refractivity contribution in [3.63, 3.8) is 0 Å². The predicted molar refractivity (Wildman–Crippen MR) is 65.1 cm³/mol. The van der Waals surface area contributed by atoms with E-state index in [0.29, 0.717) is 17.3 Å². The molecular weight excluding hydrogens is 202 g/mol. The van der Waals surface area contributed by atoms with Gasteiger partial charge in [0.15, 0.2) is 0 Å². The van der Waals surface area contributed by atoms with Crippen molar-refractivity contribution in [3.05, 3.63) is 23.9 Å². The van der Waals surface area contributed by atoms with Crippen molar-refractivity contribution in [1.82, 2.24) is 9.88 Å². The van der Waals surface area contributed by atoms with Gasteiger partial charge in [-0.05, 0) is 18.1 Å². The third kappa shape index (κ3) is 3.22. The van der Waals surface area contributed by atoms with Gasteiger partial charge < -0.3 is 10.6 Å². The van der Waals surface area contributed by atoms with E-state index >= 15 is 0 Å². The van der Waals surface area contributed by atoms with Crippen molar-refractivity contribution in [3.8, 4) is 0 Å². The quantitative estimate of drug-likeness (QED) is 0.843. The molecule has 16 heavy (non-hydrogen) atoms. The maximum Gasteiger partial charge on any atom is 0.253 e. The number of rotatable bonds is 4. The molecule has 1 amide bonds. The molecule has 0 saturated heterocycles. The third-order valence-corrected chi connectivity index (χ3v) is 2.66. The van der Waals surface area contributed by atoms with Gasteiger partial charge in [-0.3, -0.25) is 4.79 Å². The minimum Gasteiger partial charge on any atom is -0.384 e. The van der Waals surface area contributed by atoms with Crippen molar-refractivity contribution in [1.29, 1.82) is 0 Å². The summed E-state index contributed by atoms with van der Waals surface area (Å²) in [6.07, 6.45) is 2.62. The first-order chi connectivity index (χ1) is 7.54. The number of amides is 1. The van der Waals surface area contributed by atoms with Crippen LogP contribution in [0, 0.1) is 5.92 Å². The molecule has 4 nitrogen and oxygen atoms in total. The van der Waals surface area contributed by atoms with Gasteiger partial charge in [0.25, 0.3) is 5.91 Å². The highest BCUT2D eigenvalue weighted by Crippen LogP contribution is 2.09. The molecule has 0 aliphatic carbocycles. The van der Waals surface area contributed by atoms with Crippen LogP contribution in [0.25, 0.3) is 0 Å². The summed E-state index contributed by atoms with van der Waals surface area (Å²) in [4.78, 5) is 17.6. The molecule has 2 N–H and O–H groups in total. The molecule has 0 aromatic carbocycles. The molecular formula is C12H19N3O. The monoisotopic (exact) mass is 221 g/mol. The van der Waals surface area contributed by atoms with E-state index in [0.717, 1.165) is 13.0 Å². The standard InChI is InChI=1S/C12H19N3O/c1-4-9(2)8-15(3)12(16)10-5-6-14-11(13)7-10/h5-7,9H,4,8H2,1-3H3,(H2,13,14). The smallest absolute Gasteiger partial charge is 0.253 e. The minimum absolute atomic E-state index is 0.00519. The Morgan fingerprint density at radius 2 is 2.31 bits per heavy atom. The summed E-state index contributed by atoms with van der Waals surface area (Å²) < 4.78 is 0. The fourth-order valence-corrected chi connectivity index (χ4v) is 1.48. The number of hydrogen-bond acceptors (Lipinski definition) is 3. The average molecular weight is 221 g/mol. The van der Waals surface area contributed by atoms with Crippen LogP contribution in [0.1, 0.15) is 30.6 Å². The lowest BCUT2D eigenvalue weighted by Gasteiger charge is -2.20. The van der Waals surface area contributed by atoms with Crippen molar-refractivity contribution in [2.45, 2.75) is 20.3 Å². The number of carbonyl (C=O) groups excluding carboxylic acids is 1. The second-order valence-electron chi connectivity index (χ2n) is 4.17. The van der Waals surface area contributed by atoms with E-state index in [-0.39, 0.29) is 5.91 Å². The summed E-state index contributed by atoms with van der Waals surface area (Å²) >= 11 is 0. The van der Waals surface area contributed by atoms with Crippen LogP contribution in [0.5, 0.6) is 0 Å². The number of nitrogen functional groups attached to an aromatic ring is 1. The summed E-state index contributed by atoms with van der Waals surface area (Å²) in [5.74, 6) is 0.880. The topological polar surface area (TPSA) is 59.2 Å². The summed E-state index contributed by atoms with van der Waals surface area (Å²) in [6, 6.07) is 3.29. The van der Waals surface area contributed by atoms with E-state index < -0.39 is 0 Å². The maximum absolute atomic E-state index is 12.0. The van der Waals surface area contributed by atoms with E-state index in [2.05, 4.69) is 18.8 Å². The predicted octanol–water partition coefficient (Wildman–Crippen LogP) is 1.78. The molecule has 0 saturated carbocycles. The molecule has 1 aromatic heterocycles. The summed E-state index contributed by atoms with van der Waals surface area (Å²) in [6.45, 7) is 5.01. The lowest BCUT2D eigenvalue weighted by molar-refractivity contribution is 0.0775. The third-order valence-electron chi connectivity index (χ3n) is 2.66. The zero-order valence-corrected chi connectivity index (χ0v) is 10.1. The molecule has 0 bridgehead atoms. The van der Waals surface area contributed by atoms with Crippen molar-refractivity contribution >= 4 is 11.7 Å². The van der Waals surface area contributed by atoms with Crippen LogP contribution in [-0.4, -0.2) is 29.4 Å². The Labute approximate surface area is 96.5 Å². The summed E-state index contributed by atoms with van der Waals surface area (Å²) in [5, 5.41) is 0. The number of carbonyl (C=O) groups is 1. The molecule has 0 aliphatic rings. The second-order valence-corrected chi connectivity index (χ2v) is 4.17. The number of hydrogen-bond donors (Lipinski definition) is 1. The van der Waals surface area contributed by atoms with Gasteiger partial charge >= 0.3 is 0 Å². The SMILES string of the molecule is CCC(C)CN(C)C(=O)c1ccnc(N)c1. The van der Waals surface area contributed by atoms with Crippen LogP contribution in [0.2, 0.25) is 0 Å². The Bertz CT molecular complexity index is 365. The van der Waals surface area contributed by atoms with E-state index in [4.69, 9.17) is 5.73 Å². The lowest BCUT2D eigenvalue weighted by atomic mass is 10.1. The summed E-state index contributed by atoms with van der Waals surface area (Å²) in [7, 11) is 1.81. The van der Waals surface area contributed by atoms with Gasteiger partial charge in [-0.15, -0.1) is 0 Å². The van der Waals surface area contributed by atoms with Crippen LogP contribution in [0.15, 0.2) is 18.3 Å². The lowest BCUT2D eigenvalue weighted by Crippen LogP contribution is -2.30. The molecule has 0 spiro atoms. The molecule has 0 fully saturated rings. The fraction of sp³-hybridized carbons (Fsp3) is 0.500. The van der Waals surface area contributed by atoms with Crippen molar-refractivity contribution < 1.29 is 4.79 Å². The van der Waals surface area contributed by atoms with Crippen LogP contribution in [-0.2, 0) is 0 Å². The average Bonchev–Trinajstić information content (AvgIpc) is 2.27. The van der Waals surface area contributed by atoms with Crippen molar-refractivity contribution in [2.24, 2.45) is 5.92 Å². The van der Waals surface area contributed by atoms with Gasteiger partial charge in [-0.2, -0.15) is 0 Å². The van der Waals surface area contributed by atoms with E-state index in [9.17, 15) is 4.79 Å². The van der Waals surface area contributed by atoms with Gasteiger partial charge in [0.1, 0.15) is 5.82 Å². The fourth-order valence-electron chi connectivity index (χ4n) is 1.48. The molecule has 88 valence electrons. The first-order valence-corrected chi connectivity index (χ1v) is 5.51. The molecule has 1 atom stereocenters.